The van der Waals surface area contributed by atoms with Gasteiger partial charge >= 0.3 is 0 Å². The number of benzene rings is 11. The summed E-state index contributed by atoms with van der Waals surface area (Å²) in [6.45, 7) is 0. The zero-order chi connectivity index (χ0) is 42.8. The van der Waals surface area contributed by atoms with E-state index in [9.17, 15) is 0 Å². The highest BCUT2D eigenvalue weighted by atomic mass is 16.3. The Morgan fingerprint density at radius 2 is 0.877 bits per heavy atom. The second-order valence-electron chi connectivity index (χ2n) is 16.9. The molecule has 0 fully saturated rings. The summed E-state index contributed by atoms with van der Waals surface area (Å²) in [7, 11) is 0. The van der Waals surface area contributed by atoms with Crippen molar-refractivity contribution in [1.29, 1.82) is 0 Å². The Bertz CT molecular complexity index is 3920. The van der Waals surface area contributed by atoms with Crippen LogP contribution in [0.2, 0.25) is 0 Å². The van der Waals surface area contributed by atoms with E-state index >= 15 is 0 Å². The molecule has 0 bridgehead atoms. The summed E-state index contributed by atoms with van der Waals surface area (Å²) in [5.74, 6) is 0. The lowest BCUT2D eigenvalue weighted by atomic mass is 9.97. The first-order valence-electron chi connectivity index (χ1n) is 22.2. The van der Waals surface area contributed by atoms with Crippen molar-refractivity contribution in [3.63, 3.8) is 0 Å². The van der Waals surface area contributed by atoms with Crippen molar-refractivity contribution in [3.05, 3.63) is 243 Å². The van der Waals surface area contributed by atoms with Gasteiger partial charge in [-0.15, -0.1) is 0 Å². The van der Waals surface area contributed by atoms with Gasteiger partial charge < -0.3 is 13.9 Å². The van der Waals surface area contributed by atoms with Gasteiger partial charge in [-0.05, 0) is 128 Å². The first-order valence-corrected chi connectivity index (χ1v) is 22.2. The smallest absolute Gasteiger partial charge is 0.145 e. The Morgan fingerprint density at radius 3 is 1.65 bits per heavy atom. The molecule has 11 aromatic carbocycles. The average Bonchev–Trinajstić information content (AvgIpc) is 3.93. The van der Waals surface area contributed by atoms with E-state index in [-0.39, 0.29) is 0 Å². The molecule has 0 radical (unpaired) electrons. The molecule has 0 aliphatic heterocycles. The summed E-state index contributed by atoms with van der Waals surface area (Å²) in [6, 6.07) is 87.6. The highest BCUT2D eigenvalue weighted by molar-refractivity contribution is 6.27. The normalized spacial score (nSPS) is 11.7. The molecule has 2 aromatic heterocycles. The van der Waals surface area contributed by atoms with Crippen molar-refractivity contribution < 1.29 is 4.42 Å². The number of nitrogens with zero attached hydrogens (tertiary/aromatic N) is 2. The Hall–Kier alpha value is -8.66. The Labute approximate surface area is 376 Å². The third kappa shape index (κ3) is 6.20. The first kappa shape index (κ1) is 36.9. The molecule has 65 heavy (non-hydrogen) atoms. The standard InChI is InChI=1S/C62H40N2O/c1-3-12-41(13-4-1)43-22-30-51(31-23-43)63(53-34-26-42-14-7-8-15-48(42)39-53)52-32-24-44(25-33-52)46-16-11-17-47(38-46)49-29-37-58-57(40-49)55-35-27-45-28-36-56-54-20-9-10-21-59(54)65-62(56)60(45)61(55)64(58)50-18-5-2-6-19-50/h1-40H. The molecule has 13 aromatic rings. The van der Waals surface area contributed by atoms with Crippen molar-refractivity contribution in [1.82, 2.24) is 4.57 Å². The molecular weight excluding hydrogens is 789 g/mol. The lowest BCUT2D eigenvalue weighted by Crippen LogP contribution is -2.09. The van der Waals surface area contributed by atoms with Crippen molar-refractivity contribution >= 4 is 82.4 Å². The van der Waals surface area contributed by atoms with Crippen molar-refractivity contribution in [2.75, 3.05) is 4.90 Å². The number of furan rings is 1. The second kappa shape index (κ2) is 15.0. The van der Waals surface area contributed by atoms with E-state index in [0.717, 1.165) is 72.1 Å². The fraction of sp³-hybridized carbons (Fsp3) is 0. The number of para-hydroxylation sites is 2. The number of anilines is 3. The molecule has 3 nitrogen and oxygen atoms in total. The van der Waals surface area contributed by atoms with Crippen LogP contribution in [0, 0.1) is 0 Å². The van der Waals surface area contributed by atoms with E-state index in [2.05, 4.69) is 246 Å². The van der Waals surface area contributed by atoms with Gasteiger partial charge in [-0.25, -0.2) is 0 Å². The summed E-state index contributed by atoms with van der Waals surface area (Å²) < 4.78 is 9.11. The molecule has 0 saturated carbocycles. The molecule has 0 aliphatic carbocycles. The number of hydrogen-bond acceptors (Lipinski definition) is 2. The van der Waals surface area contributed by atoms with Crippen LogP contribution in [0.4, 0.5) is 17.1 Å². The van der Waals surface area contributed by atoms with E-state index < -0.39 is 0 Å². The SMILES string of the molecule is c1ccc(-c2ccc(N(c3ccc(-c4cccc(-c5ccc6c(c5)c5ccc7ccc8c9ccccc9oc8c7c5n6-c5ccccc5)c4)cc3)c3ccc4ccccc4c3)cc2)cc1. The van der Waals surface area contributed by atoms with Crippen LogP contribution in [-0.2, 0) is 0 Å². The lowest BCUT2D eigenvalue weighted by Gasteiger charge is -2.26. The Kier molecular flexibility index (Phi) is 8.53. The third-order valence-corrected chi connectivity index (χ3v) is 13.1. The summed E-state index contributed by atoms with van der Waals surface area (Å²) in [5, 5.41) is 9.40. The number of fused-ring (bicyclic) bond motifs is 10. The monoisotopic (exact) mass is 828 g/mol. The topological polar surface area (TPSA) is 21.3 Å². The van der Waals surface area contributed by atoms with E-state index in [0.29, 0.717) is 0 Å². The Balaban J connectivity index is 0.904. The van der Waals surface area contributed by atoms with Gasteiger partial charge in [0.15, 0.2) is 0 Å². The van der Waals surface area contributed by atoms with Gasteiger partial charge in [0, 0.05) is 49.7 Å². The van der Waals surface area contributed by atoms with E-state index in [1.165, 1.54) is 49.4 Å². The van der Waals surface area contributed by atoms with E-state index in [1.54, 1.807) is 0 Å². The molecule has 0 aliphatic rings. The molecule has 3 heteroatoms. The van der Waals surface area contributed by atoms with Crippen molar-refractivity contribution in [3.8, 4) is 39.1 Å². The number of aromatic nitrogens is 1. The second-order valence-corrected chi connectivity index (χ2v) is 16.9. The van der Waals surface area contributed by atoms with Crippen LogP contribution >= 0.6 is 0 Å². The Morgan fingerprint density at radius 1 is 0.323 bits per heavy atom. The molecule has 0 amide bonds. The number of rotatable bonds is 7. The zero-order valence-electron chi connectivity index (χ0n) is 35.4. The van der Waals surface area contributed by atoms with E-state index in [4.69, 9.17) is 4.42 Å². The van der Waals surface area contributed by atoms with Crippen LogP contribution in [-0.4, -0.2) is 4.57 Å². The van der Waals surface area contributed by atoms with Gasteiger partial charge in [0.05, 0.1) is 11.0 Å². The summed E-state index contributed by atoms with van der Waals surface area (Å²) >= 11 is 0. The maximum Gasteiger partial charge on any atom is 0.145 e. The quantitative estimate of drug-likeness (QED) is 0.160. The summed E-state index contributed by atoms with van der Waals surface area (Å²) in [6.07, 6.45) is 0. The molecule has 304 valence electrons. The summed E-state index contributed by atoms with van der Waals surface area (Å²) in [5.41, 5.74) is 15.7. The van der Waals surface area contributed by atoms with Crippen LogP contribution < -0.4 is 4.90 Å². The maximum absolute atomic E-state index is 6.69. The predicted octanol–water partition coefficient (Wildman–Crippen LogP) is 17.5. The number of hydrogen-bond donors (Lipinski definition) is 0. The lowest BCUT2D eigenvalue weighted by molar-refractivity contribution is 0.673. The molecule has 0 atom stereocenters. The van der Waals surface area contributed by atoms with Crippen LogP contribution in [0.1, 0.15) is 0 Å². The molecule has 0 saturated heterocycles. The molecule has 0 spiro atoms. The van der Waals surface area contributed by atoms with E-state index in [1.807, 2.05) is 6.07 Å². The molecule has 13 rings (SSSR count). The molecular formula is C62H40N2O. The van der Waals surface area contributed by atoms with Gasteiger partial charge in [0.25, 0.3) is 0 Å². The van der Waals surface area contributed by atoms with Gasteiger partial charge in [0.2, 0.25) is 0 Å². The van der Waals surface area contributed by atoms with Crippen LogP contribution in [0.15, 0.2) is 247 Å². The van der Waals surface area contributed by atoms with Gasteiger partial charge in [-0.2, -0.15) is 0 Å². The third-order valence-electron chi connectivity index (χ3n) is 13.1. The highest BCUT2D eigenvalue weighted by Crippen LogP contribution is 2.44. The average molecular weight is 829 g/mol. The molecule has 0 unspecified atom stereocenters. The van der Waals surface area contributed by atoms with Crippen molar-refractivity contribution in [2.45, 2.75) is 0 Å². The molecule has 2 heterocycles. The van der Waals surface area contributed by atoms with Crippen LogP contribution in [0.3, 0.4) is 0 Å². The predicted molar refractivity (Wildman–Crippen MR) is 274 cm³/mol. The minimum Gasteiger partial charge on any atom is -0.455 e. The highest BCUT2D eigenvalue weighted by Gasteiger charge is 2.20. The van der Waals surface area contributed by atoms with Gasteiger partial charge in [0.1, 0.15) is 11.2 Å². The zero-order valence-corrected chi connectivity index (χ0v) is 35.4. The summed E-state index contributed by atoms with van der Waals surface area (Å²) in [4.78, 5) is 2.35. The van der Waals surface area contributed by atoms with Crippen LogP contribution in [0.5, 0.6) is 0 Å². The van der Waals surface area contributed by atoms with Gasteiger partial charge in [-0.1, -0.05) is 164 Å². The fourth-order valence-corrected chi connectivity index (χ4v) is 9.99. The largest absolute Gasteiger partial charge is 0.455 e. The minimum atomic E-state index is 0.905. The van der Waals surface area contributed by atoms with Crippen LogP contribution in [0.25, 0.3) is 104 Å². The van der Waals surface area contributed by atoms with Gasteiger partial charge in [-0.3, -0.25) is 0 Å². The first-order chi connectivity index (χ1) is 32.2. The minimum absolute atomic E-state index is 0.905. The van der Waals surface area contributed by atoms with Crippen molar-refractivity contribution in [2.24, 2.45) is 0 Å². The molecule has 0 N–H and O–H groups in total. The maximum atomic E-state index is 6.69. The fourth-order valence-electron chi connectivity index (χ4n) is 9.99.